The number of carbonyl (C=O) groups excluding carboxylic acids is 2. The number of rotatable bonds is 7. The predicted octanol–water partition coefficient (Wildman–Crippen LogP) is 3.12. The molecule has 0 radical (unpaired) electrons. The molecule has 7 nitrogen and oxygen atoms in total. The third-order valence-electron chi connectivity index (χ3n) is 6.17. The van der Waals surface area contributed by atoms with Crippen LogP contribution in [0.15, 0.2) is 67.0 Å². The number of piperidine rings is 1. The molecule has 2 unspecified atom stereocenters. The molecule has 3 aromatic rings. The third-order valence-corrected chi connectivity index (χ3v) is 6.17. The molecule has 2 atom stereocenters. The second kappa shape index (κ2) is 10.3. The van der Waals surface area contributed by atoms with Crippen LogP contribution in [0, 0.1) is 5.92 Å². The first-order valence-electron chi connectivity index (χ1n) is 11.3. The lowest BCUT2D eigenvalue weighted by Crippen LogP contribution is -2.46. The fraction of sp³-hybridized carbons (Fsp3) is 0.346. The zero-order chi connectivity index (χ0) is 23.2. The van der Waals surface area contributed by atoms with Crippen LogP contribution in [-0.2, 0) is 23.1 Å². The van der Waals surface area contributed by atoms with Crippen molar-refractivity contribution >= 4 is 11.8 Å². The Labute approximate surface area is 194 Å². The van der Waals surface area contributed by atoms with Gasteiger partial charge in [0.15, 0.2) is 0 Å². The van der Waals surface area contributed by atoms with Crippen LogP contribution in [0.5, 0.6) is 5.75 Å². The van der Waals surface area contributed by atoms with Crippen LogP contribution in [0.4, 0.5) is 0 Å². The molecule has 1 aliphatic heterocycles. The molecule has 0 spiro atoms. The van der Waals surface area contributed by atoms with Crippen molar-refractivity contribution in [2.45, 2.75) is 25.3 Å². The lowest BCUT2D eigenvalue weighted by molar-refractivity contribution is -0.135. The van der Waals surface area contributed by atoms with Gasteiger partial charge in [0.1, 0.15) is 17.6 Å². The van der Waals surface area contributed by atoms with Crippen LogP contribution in [0.25, 0.3) is 0 Å². The molecule has 0 bridgehead atoms. The molecule has 1 saturated heterocycles. The van der Waals surface area contributed by atoms with Gasteiger partial charge in [0, 0.05) is 32.5 Å². The first-order valence-corrected chi connectivity index (χ1v) is 11.3. The number of aryl methyl sites for hydroxylation is 1. The van der Waals surface area contributed by atoms with E-state index in [0.29, 0.717) is 19.5 Å². The number of aromatic nitrogens is 2. The molecular formula is C26H30N4O3. The van der Waals surface area contributed by atoms with Gasteiger partial charge in [0.25, 0.3) is 0 Å². The number of hydrogen-bond donors (Lipinski definition) is 1. The van der Waals surface area contributed by atoms with Crippen molar-refractivity contribution in [2.75, 3.05) is 20.2 Å². The van der Waals surface area contributed by atoms with Crippen molar-refractivity contribution in [1.82, 2.24) is 19.8 Å². The molecule has 1 fully saturated rings. The van der Waals surface area contributed by atoms with Crippen LogP contribution in [0.3, 0.4) is 0 Å². The van der Waals surface area contributed by atoms with Crippen molar-refractivity contribution < 1.29 is 14.3 Å². The molecule has 33 heavy (non-hydrogen) atoms. The number of amides is 2. The lowest BCUT2D eigenvalue weighted by Gasteiger charge is -2.33. The Morgan fingerprint density at radius 1 is 1.18 bits per heavy atom. The fourth-order valence-electron chi connectivity index (χ4n) is 4.33. The highest BCUT2D eigenvalue weighted by Gasteiger charge is 2.31. The maximum atomic E-state index is 13.4. The van der Waals surface area contributed by atoms with Crippen LogP contribution < -0.4 is 10.1 Å². The maximum absolute atomic E-state index is 13.4. The second-order valence-corrected chi connectivity index (χ2v) is 8.46. The number of imidazole rings is 1. The van der Waals surface area contributed by atoms with Gasteiger partial charge in [0.2, 0.25) is 11.8 Å². The molecule has 2 amide bonds. The number of methoxy groups -OCH3 is 1. The zero-order valence-corrected chi connectivity index (χ0v) is 19.1. The first-order chi connectivity index (χ1) is 16.0. The highest BCUT2D eigenvalue weighted by molar-refractivity contribution is 5.82. The summed E-state index contributed by atoms with van der Waals surface area (Å²) in [4.78, 5) is 32.5. The molecule has 0 saturated carbocycles. The van der Waals surface area contributed by atoms with Gasteiger partial charge in [-0.2, -0.15) is 0 Å². The summed E-state index contributed by atoms with van der Waals surface area (Å²) < 4.78 is 7.28. The fourth-order valence-corrected chi connectivity index (χ4v) is 4.33. The van der Waals surface area contributed by atoms with E-state index >= 15 is 0 Å². The summed E-state index contributed by atoms with van der Waals surface area (Å²) >= 11 is 0. The maximum Gasteiger partial charge on any atom is 0.227 e. The molecule has 2 heterocycles. The third kappa shape index (κ3) is 5.42. The molecule has 4 rings (SSSR count). The first kappa shape index (κ1) is 22.6. The molecule has 0 aliphatic carbocycles. The van der Waals surface area contributed by atoms with Crippen molar-refractivity contribution in [3.8, 4) is 5.75 Å². The van der Waals surface area contributed by atoms with E-state index in [4.69, 9.17) is 4.74 Å². The molecule has 2 aromatic carbocycles. The van der Waals surface area contributed by atoms with Gasteiger partial charge in [-0.25, -0.2) is 4.98 Å². The number of ether oxygens (including phenoxy) is 1. The van der Waals surface area contributed by atoms with Gasteiger partial charge in [-0.3, -0.25) is 9.59 Å². The molecule has 1 aliphatic rings. The van der Waals surface area contributed by atoms with E-state index in [2.05, 4.69) is 10.3 Å². The Bertz CT molecular complexity index is 1100. The van der Waals surface area contributed by atoms with Gasteiger partial charge >= 0.3 is 0 Å². The number of benzene rings is 2. The highest BCUT2D eigenvalue weighted by Crippen LogP contribution is 2.26. The molecule has 1 aromatic heterocycles. The number of nitrogens with one attached hydrogen (secondary N) is 1. The average molecular weight is 447 g/mol. The minimum atomic E-state index is -0.414. The Morgan fingerprint density at radius 3 is 2.73 bits per heavy atom. The van der Waals surface area contributed by atoms with Gasteiger partial charge in [-0.05, 0) is 36.1 Å². The van der Waals surface area contributed by atoms with E-state index in [1.165, 1.54) is 0 Å². The van der Waals surface area contributed by atoms with E-state index in [9.17, 15) is 9.59 Å². The Balaban J connectivity index is 1.48. The zero-order valence-electron chi connectivity index (χ0n) is 19.1. The quantitative estimate of drug-likeness (QED) is 0.605. The van der Waals surface area contributed by atoms with Crippen LogP contribution in [0.2, 0.25) is 0 Å². The van der Waals surface area contributed by atoms with Gasteiger partial charge < -0.3 is 19.5 Å². The van der Waals surface area contributed by atoms with E-state index in [0.717, 1.165) is 35.5 Å². The number of nitrogens with zero attached hydrogens (tertiary/aromatic N) is 3. The van der Waals surface area contributed by atoms with E-state index in [-0.39, 0.29) is 17.7 Å². The molecule has 172 valence electrons. The summed E-state index contributed by atoms with van der Waals surface area (Å²) in [6.07, 6.45) is 5.50. The monoisotopic (exact) mass is 446 g/mol. The number of hydrogen-bond acceptors (Lipinski definition) is 4. The van der Waals surface area contributed by atoms with Gasteiger partial charge in [-0.15, -0.1) is 0 Å². The molecular weight excluding hydrogens is 416 g/mol. The Hall–Kier alpha value is -3.61. The summed E-state index contributed by atoms with van der Waals surface area (Å²) in [5.74, 6) is 1.20. The Morgan fingerprint density at radius 2 is 2.00 bits per heavy atom. The molecule has 7 heteroatoms. The average Bonchev–Trinajstić information content (AvgIpc) is 3.28. The van der Waals surface area contributed by atoms with Crippen LogP contribution >= 0.6 is 0 Å². The standard InChI is InChI=1S/C26H30N4O3/c1-29-15-13-27-25(29)24(20-10-6-12-22(17-20)33-2)28-26(32)21-11-7-14-30(18-21)23(31)16-19-8-4-3-5-9-19/h3-6,8-10,12-13,15,17,21,24H,7,11,14,16,18H2,1-2H3,(H,28,32). The minimum absolute atomic E-state index is 0.0622. The van der Waals surface area contributed by atoms with Crippen molar-refractivity contribution in [3.05, 3.63) is 83.9 Å². The lowest BCUT2D eigenvalue weighted by atomic mass is 9.95. The highest BCUT2D eigenvalue weighted by atomic mass is 16.5. The predicted molar refractivity (Wildman–Crippen MR) is 126 cm³/mol. The SMILES string of the molecule is COc1cccc(C(NC(=O)C2CCCN(C(=O)Cc3ccccc3)C2)c2nccn2C)c1. The number of carbonyl (C=O) groups is 2. The van der Waals surface area contributed by atoms with Crippen molar-refractivity contribution in [1.29, 1.82) is 0 Å². The smallest absolute Gasteiger partial charge is 0.227 e. The Kier molecular flexibility index (Phi) is 7.07. The number of likely N-dealkylation sites (tertiary alicyclic amines) is 1. The molecule has 1 N–H and O–H groups in total. The van der Waals surface area contributed by atoms with Crippen LogP contribution in [0.1, 0.15) is 35.8 Å². The summed E-state index contributed by atoms with van der Waals surface area (Å²) in [5.41, 5.74) is 1.88. The second-order valence-electron chi connectivity index (χ2n) is 8.46. The van der Waals surface area contributed by atoms with E-state index < -0.39 is 6.04 Å². The van der Waals surface area contributed by atoms with Crippen molar-refractivity contribution in [2.24, 2.45) is 13.0 Å². The van der Waals surface area contributed by atoms with Crippen molar-refractivity contribution in [3.63, 3.8) is 0 Å². The summed E-state index contributed by atoms with van der Waals surface area (Å²) in [5, 5.41) is 3.19. The van der Waals surface area contributed by atoms with Gasteiger partial charge in [0.05, 0.1) is 19.4 Å². The van der Waals surface area contributed by atoms with Gasteiger partial charge in [-0.1, -0.05) is 42.5 Å². The largest absolute Gasteiger partial charge is 0.497 e. The van der Waals surface area contributed by atoms with E-state index in [1.807, 2.05) is 77.3 Å². The summed E-state index contributed by atoms with van der Waals surface area (Å²) in [6, 6.07) is 17.0. The minimum Gasteiger partial charge on any atom is -0.497 e. The van der Waals surface area contributed by atoms with E-state index in [1.54, 1.807) is 13.3 Å². The topological polar surface area (TPSA) is 76.5 Å². The summed E-state index contributed by atoms with van der Waals surface area (Å²) in [6.45, 7) is 1.12. The summed E-state index contributed by atoms with van der Waals surface area (Å²) in [7, 11) is 3.53. The van der Waals surface area contributed by atoms with Crippen LogP contribution in [-0.4, -0.2) is 46.5 Å². The normalized spacial score (nSPS) is 16.8.